The molecule has 0 amide bonds. The van der Waals surface area contributed by atoms with Crippen LogP contribution in [0.4, 0.5) is 5.69 Å². The van der Waals surface area contributed by atoms with Crippen LogP contribution in [-0.2, 0) is 14.3 Å². The van der Waals surface area contributed by atoms with Gasteiger partial charge < -0.3 is 19.7 Å². The lowest BCUT2D eigenvalue weighted by Gasteiger charge is -2.39. The number of carbonyl (C=O) groups excluding carboxylic acids is 2. The maximum atomic E-state index is 13.5. The van der Waals surface area contributed by atoms with Gasteiger partial charge in [-0.15, -0.1) is 0 Å². The topological polar surface area (TPSA) is 67.9 Å². The first-order chi connectivity index (χ1) is 17.7. The molecule has 2 aromatic carbocycles. The van der Waals surface area contributed by atoms with Crippen molar-refractivity contribution in [2.24, 2.45) is 5.41 Å². The molecule has 1 aliphatic heterocycles. The normalized spacial score (nSPS) is 18.7. The average molecular weight is 503 g/mol. The molecule has 0 unspecified atom stereocenters. The predicted octanol–water partition coefficient (Wildman–Crippen LogP) is 5.76. The minimum Gasteiger partial charge on any atom is -0.490 e. The Kier molecular flexibility index (Phi) is 8.06. The van der Waals surface area contributed by atoms with Gasteiger partial charge in [-0.3, -0.25) is 4.79 Å². The van der Waals surface area contributed by atoms with Gasteiger partial charge in [-0.25, -0.2) is 4.79 Å². The summed E-state index contributed by atoms with van der Waals surface area (Å²) >= 11 is 0. The van der Waals surface area contributed by atoms with Crippen LogP contribution >= 0.6 is 0 Å². The first kappa shape index (κ1) is 26.5. The molecule has 0 radical (unpaired) electrons. The van der Waals surface area contributed by atoms with E-state index in [0.717, 1.165) is 47.9 Å². The number of nitrogens with zero attached hydrogens (tertiary/aromatic N) is 1. The van der Waals surface area contributed by atoms with E-state index >= 15 is 0 Å². The fraction of sp³-hybridized carbons (Fsp3) is 0.419. The Hall–Kier alpha value is -3.54. The van der Waals surface area contributed by atoms with E-state index in [1.165, 1.54) is 0 Å². The summed E-state index contributed by atoms with van der Waals surface area (Å²) in [5, 5.41) is 3.40. The van der Waals surface area contributed by atoms with Crippen LogP contribution in [0.2, 0.25) is 0 Å². The first-order valence-corrected chi connectivity index (χ1v) is 13.2. The number of hydrogen-bond donors (Lipinski definition) is 1. The van der Waals surface area contributed by atoms with Gasteiger partial charge in [0.1, 0.15) is 19.0 Å². The number of allylic oxidation sites excluding steroid dienone is 3. The van der Waals surface area contributed by atoms with Crippen molar-refractivity contribution in [1.82, 2.24) is 5.32 Å². The molecule has 4 rings (SSSR count). The Morgan fingerprint density at radius 2 is 1.68 bits per heavy atom. The molecular weight excluding hydrogens is 464 g/mol. The maximum absolute atomic E-state index is 13.5. The van der Waals surface area contributed by atoms with E-state index in [2.05, 4.69) is 50.0 Å². The van der Waals surface area contributed by atoms with Crippen LogP contribution in [0.25, 0.3) is 0 Å². The van der Waals surface area contributed by atoms with Gasteiger partial charge >= 0.3 is 5.97 Å². The molecule has 0 aromatic heterocycles. The van der Waals surface area contributed by atoms with Gasteiger partial charge in [0.05, 0.1) is 5.57 Å². The molecule has 0 bridgehead atoms. The summed E-state index contributed by atoms with van der Waals surface area (Å²) in [4.78, 5) is 29.2. The lowest BCUT2D eigenvalue weighted by atomic mass is 9.68. The molecule has 1 aliphatic carbocycles. The molecule has 1 N–H and O–H groups in total. The standard InChI is InChI=1S/C31H38N2O4/c1-6-33(7-2)23-15-13-22(14-16-23)28-27(30(35)37-18-17-36-24-11-9-8-10-12-24)21(3)32-25-19-31(4,5)20-26(34)29(25)28/h8-16,28,32H,6-7,17-20H2,1-5H3/t28-/m1/s1. The summed E-state index contributed by atoms with van der Waals surface area (Å²) in [5.74, 6) is -0.0803. The Morgan fingerprint density at radius 1 is 1.00 bits per heavy atom. The Labute approximate surface area is 220 Å². The van der Waals surface area contributed by atoms with Gasteiger partial charge in [0.15, 0.2) is 5.78 Å². The summed E-state index contributed by atoms with van der Waals surface area (Å²) in [5.41, 5.74) is 4.74. The van der Waals surface area contributed by atoms with E-state index in [1.807, 2.05) is 49.4 Å². The molecule has 2 aliphatic rings. The third-order valence-corrected chi connectivity index (χ3v) is 7.14. The van der Waals surface area contributed by atoms with Crippen LogP contribution in [-0.4, -0.2) is 38.1 Å². The number of rotatable bonds is 9. The second kappa shape index (κ2) is 11.2. The van der Waals surface area contributed by atoms with Gasteiger partial charge in [0.25, 0.3) is 0 Å². The highest BCUT2D eigenvalue weighted by Gasteiger charge is 2.43. The van der Waals surface area contributed by atoms with Gasteiger partial charge in [0, 0.05) is 48.1 Å². The Bertz CT molecular complexity index is 1190. The molecule has 0 saturated heterocycles. The number of carbonyl (C=O) groups is 2. The van der Waals surface area contributed by atoms with E-state index in [-0.39, 0.29) is 24.4 Å². The van der Waals surface area contributed by atoms with Crippen molar-refractivity contribution in [2.75, 3.05) is 31.2 Å². The summed E-state index contributed by atoms with van der Waals surface area (Å²) in [7, 11) is 0. The van der Waals surface area contributed by atoms with Gasteiger partial charge in [-0.05, 0) is 62.4 Å². The van der Waals surface area contributed by atoms with E-state index in [1.54, 1.807) is 0 Å². The molecule has 6 heteroatoms. The second-order valence-electron chi connectivity index (χ2n) is 10.5. The summed E-state index contributed by atoms with van der Waals surface area (Å²) in [6.45, 7) is 12.6. The number of Topliss-reactive ketones (excluding diaryl/α,β-unsaturated/α-hetero) is 1. The quantitative estimate of drug-likeness (QED) is 0.347. The van der Waals surface area contributed by atoms with Gasteiger partial charge in [0.2, 0.25) is 0 Å². The third kappa shape index (κ3) is 5.90. The van der Waals surface area contributed by atoms with E-state index in [0.29, 0.717) is 17.6 Å². The molecule has 0 fully saturated rings. The lowest BCUT2D eigenvalue weighted by Crippen LogP contribution is -2.38. The molecule has 0 spiro atoms. The minimum absolute atomic E-state index is 0.0850. The van der Waals surface area contributed by atoms with Crippen molar-refractivity contribution in [1.29, 1.82) is 0 Å². The zero-order chi connectivity index (χ0) is 26.6. The van der Waals surface area contributed by atoms with E-state index in [9.17, 15) is 9.59 Å². The van der Waals surface area contributed by atoms with Crippen molar-refractivity contribution < 1.29 is 19.1 Å². The lowest BCUT2D eigenvalue weighted by molar-refractivity contribution is -0.140. The van der Waals surface area contributed by atoms with Crippen LogP contribution in [0.15, 0.2) is 77.1 Å². The molecule has 0 saturated carbocycles. The summed E-state index contributed by atoms with van der Waals surface area (Å²) in [6, 6.07) is 17.7. The highest BCUT2D eigenvalue weighted by Crippen LogP contribution is 2.47. The number of dihydropyridines is 1. The number of nitrogens with one attached hydrogen (secondary N) is 1. The zero-order valence-corrected chi connectivity index (χ0v) is 22.6. The first-order valence-electron chi connectivity index (χ1n) is 13.2. The number of esters is 1. The molecule has 6 nitrogen and oxygen atoms in total. The molecule has 2 aromatic rings. The Morgan fingerprint density at radius 3 is 2.32 bits per heavy atom. The number of hydrogen-bond acceptors (Lipinski definition) is 6. The molecule has 1 heterocycles. The summed E-state index contributed by atoms with van der Waals surface area (Å²) < 4.78 is 11.4. The maximum Gasteiger partial charge on any atom is 0.336 e. The van der Waals surface area contributed by atoms with Crippen molar-refractivity contribution in [3.05, 3.63) is 82.7 Å². The number of anilines is 1. The highest BCUT2D eigenvalue weighted by molar-refractivity contribution is 6.04. The number of para-hydroxylation sites is 1. The second-order valence-corrected chi connectivity index (χ2v) is 10.5. The number of ketones is 1. The van der Waals surface area contributed by atoms with Crippen molar-refractivity contribution in [2.45, 2.75) is 53.4 Å². The Balaban J connectivity index is 1.62. The van der Waals surface area contributed by atoms with Crippen molar-refractivity contribution in [3.63, 3.8) is 0 Å². The number of benzene rings is 2. The zero-order valence-electron chi connectivity index (χ0n) is 22.6. The predicted molar refractivity (Wildman–Crippen MR) is 147 cm³/mol. The van der Waals surface area contributed by atoms with Crippen LogP contribution in [0.5, 0.6) is 5.75 Å². The van der Waals surface area contributed by atoms with Crippen LogP contribution < -0.4 is 15.0 Å². The largest absolute Gasteiger partial charge is 0.490 e. The third-order valence-electron chi connectivity index (χ3n) is 7.14. The van der Waals surface area contributed by atoms with E-state index in [4.69, 9.17) is 9.47 Å². The van der Waals surface area contributed by atoms with Crippen LogP contribution in [0.1, 0.15) is 58.9 Å². The fourth-order valence-corrected chi connectivity index (χ4v) is 5.39. The fourth-order valence-electron chi connectivity index (χ4n) is 5.39. The molecule has 1 atom stereocenters. The SMILES string of the molecule is CCN(CC)c1ccc([C@@H]2C(C(=O)OCCOc3ccccc3)=C(C)NC3=C2C(=O)CC(C)(C)C3)cc1. The minimum atomic E-state index is -0.465. The average Bonchev–Trinajstić information content (AvgIpc) is 2.86. The van der Waals surface area contributed by atoms with E-state index < -0.39 is 11.9 Å². The molecule has 196 valence electrons. The van der Waals surface area contributed by atoms with Gasteiger partial charge in [-0.1, -0.05) is 44.2 Å². The van der Waals surface area contributed by atoms with Crippen molar-refractivity contribution in [3.8, 4) is 5.75 Å². The molecule has 37 heavy (non-hydrogen) atoms. The van der Waals surface area contributed by atoms with Crippen LogP contribution in [0, 0.1) is 5.41 Å². The smallest absolute Gasteiger partial charge is 0.336 e. The molecular formula is C31H38N2O4. The van der Waals surface area contributed by atoms with Crippen LogP contribution in [0.3, 0.4) is 0 Å². The highest BCUT2D eigenvalue weighted by atomic mass is 16.6. The van der Waals surface area contributed by atoms with Crippen molar-refractivity contribution >= 4 is 17.4 Å². The number of ether oxygens (including phenoxy) is 2. The summed E-state index contributed by atoms with van der Waals surface area (Å²) in [6.07, 6.45) is 1.21. The monoisotopic (exact) mass is 502 g/mol. The van der Waals surface area contributed by atoms with Gasteiger partial charge in [-0.2, -0.15) is 0 Å².